The lowest BCUT2D eigenvalue weighted by atomic mass is 9.68. The van der Waals surface area contributed by atoms with Gasteiger partial charge in [0.1, 0.15) is 5.78 Å². The number of fused-ring (bicyclic) bond motifs is 2. The van der Waals surface area contributed by atoms with Crippen LogP contribution in [0.3, 0.4) is 0 Å². The standard InChI is InChI=1S/C33H32N2O4/c1-20-29(32(37)35-18-16-22(17-19-35)21-12-14-24(15-13-21)33(38)39)30(31-27(34-20)10-5-11-28(31)36)26-9-4-7-23-6-2-3-8-25(23)26/h2-4,6-9,12-15,22,30-31H,5,10-11,16-19H2,1H3,(H,38,39). The Morgan fingerprint density at radius 2 is 1.62 bits per heavy atom. The molecule has 1 saturated carbocycles. The van der Waals surface area contributed by atoms with Crippen LogP contribution < -0.4 is 0 Å². The van der Waals surface area contributed by atoms with Crippen LogP contribution in [0.2, 0.25) is 0 Å². The number of benzene rings is 3. The molecule has 3 aromatic rings. The molecule has 1 aliphatic carbocycles. The predicted molar refractivity (Wildman–Crippen MR) is 151 cm³/mol. The lowest BCUT2D eigenvalue weighted by Crippen LogP contribution is -2.44. The Morgan fingerprint density at radius 1 is 0.897 bits per heavy atom. The van der Waals surface area contributed by atoms with Gasteiger partial charge in [0.15, 0.2) is 0 Å². The van der Waals surface area contributed by atoms with Crippen LogP contribution in [0.4, 0.5) is 0 Å². The average molecular weight is 521 g/mol. The highest BCUT2D eigenvalue weighted by Crippen LogP contribution is 2.45. The molecule has 39 heavy (non-hydrogen) atoms. The Hall–Kier alpha value is -4.06. The van der Waals surface area contributed by atoms with Crippen LogP contribution in [0.1, 0.15) is 72.3 Å². The molecule has 198 valence electrons. The number of piperidine rings is 1. The van der Waals surface area contributed by atoms with Crippen molar-refractivity contribution >= 4 is 34.1 Å². The van der Waals surface area contributed by atoms with E-state index in [1.165, 1.54) is 0 Å². The summed E-state index contributed by atoms with van der Waals surface area (Å²) in [6, 6.07) is 21.4. The Morgan fingerprint density at radius 3 is 2.36 bits per heavy atom. The fourth-order valence-electron chi connectivity index (χ4n) is 6.74. The monoisotopic (exact) mass is 520 g/mol. The highest BCUT2D eigenvalue weighted by atomic mass is 16.4. The molecule has 1 amide bonds. The first kappa shape index (κ1) is 25.2. The Bertz CT molecular complexity index is 1520. The normalized spacial score (nSPS) is 22.0. The number of amides is 1. The molecule has 2 aliphatic heterocycles. The highest BCUT2D eigenvalue weighted by molar-refractivity contribution is 6.12. The van der Waals surface area contributed by atoms with Crippen molar-refractivity contribution in [3.05, 3.63) is 94.7 Å². The third kappa shape index (κ3) is 4.58. The van der Waals surface area contributed by atoms with Crippen LogP contribution in [-0.4, -0.2) is 46.5 Å². The molecule has 2 unspecified atom stereocenters. The van der Waals surface area contributed by atoms with Crippen molar-refractivity contribution in [1.82, 2.24) is 4.90 Å². The lowest BCUT2D eigenvalue weighted by Gasteiger charge is -2.39. The number of Topliss-reactive ketones (excluding diaryl/α,β-unsaturated/α-hetero) is 1. The van der Waals surface area contributed by atoms with Crippen molar-refractivity contribution in [3.63, 3.8) is 0 Å². The summed E-state index contributed by atoms with van der Waals surface area (Å²) in [6.07, 6.45) is 3.74. The van der Waals surface area contributed by atoms with Gasteiger partial charge in [0.25, 0.3) is 5.91 Å². The van der Waals surface area contributed by atoms with E-state index in [9.17, 15) is 19.5 Å². The van der Waals surface area contributed by atoms with Crippen LogP contribution in [0, 0.1) is 5.92 Å². The number of carbonyl (C=O) groups excluding carboxylic acids is 2. The first-order valence-corrected chi connectivity index (χ1v) is 13.8. The second kappa shape index (κ2) is 10.3. The van der Waals surface area contributed by atoms with Crippen molar-refractivity contribution in [2.24, 2.45) is 10.9 Å². The Balaban J connectivity index is 1.32. The van der Waals surface area contributed by atoms with Crippen molar-refractivity contribution in [2.75, 3.05) is 13.1 Å². The second-order valence-electron chi connectivity index (χ2n) is 10.9. The van der Waals surface area contributed by atoms with Crippen molar-refractivity contribution in [3.8, 4) is 0 Å². The minimum absolute atomic E-state index is 0.0220. The summed E-state index contributed by atoms with van der Waals surface area (Å²) in [5, 5.41) is 11.4. The Kier molecular flexibility index (Phi) is 6.63. The molecule has 2 heterocycles. The Labute approximate surface area is 228 Å². The van der Waals surface area contributed by atoms with Crippen LogP contribution in [0.15, 0.2) is 83.0 Å². The van der Waals surface area contributed by atoms with E-state index in [0.717, 1.165) is 59.0 Å². The number of aromatic carboxylic acids is 1. The molecule has 0 aromatic heterocycles. The molecule has 2 fully saturated rings. The van der Waals surface area contributed by atoms with E-state index >= 15 is 0 Å². The van der Waals surface area contributed by atoms with Crippen molar-refractivity contribution in [1.29, 1.82) is 0 Å². The van der Waals surface area contributed by atoms with Crippen LogP contribution >= 0.6 is 0 Å². The topological polar surface area (TPSA) is 87.0 Å². The van der Waals surface area contributed by atoms with Gasteiger partial charge in [-0.3, -0.25) is 14.6 Å². The minimum atomic E-state index is -0.930. The van der Waals surface area contributed by atoms with Gasteiger partial charge in [0.2, 0.25) is 0 Å². The van der Waals surface area contributed by atoms with Gasteiger partial charge in [-0.2, -0.15) is 0 Å². The summed E-state index contributed by atoms with van der Waals surface area (Å²) < 4.78 is 0. The lowest BCUT2D eigenvalue weighted by molar-refractivity contribution is -0.128. The molecular weight excluding hydrogens is 488 g/mol. The first-order chi connectivity index (χ1) is 18.9. The zero-order valence-corrected chi connectivity index (χ0v) is 22.1. The number of carboxylic acids is 1. The number of likely N-dealkylation sites (tertiary alicyclic amines) is 1. The number of aliphatic imine (C=N–C) groups is 1. The number of carbonyl (C=O) groups is 3. The maximum absolute atomic E-state index is 14.2. The largest absolute Gasteiger partial charge is 0.478 e. The predicted octanol–water partition coefficient (Wildman–Crippen LogP) is 6.13. The number of hydrogen-bond donors (Lipinski definition) is 1. The number of allylic oxidation sites excluding steroid dienone is 1. The van der Waals surface area contributed by atoms with Gasteiger partial charge in [0, 0.05) is 42.4 Å². The SMILES string of the molecule is CC1=C(C(=O)N2CCC(c3ccc(C(=O)O)cc3)CC2)C(c2cccc3ccccc23)C2C(=O)CCCC2=N1. The summed E-state index contributed by atoms with van der Waals surface area (Å²) in [4.78, 5) is 45.7. The summed E-state index contributed by atoms with van der Waals surface area (Å²) >= 11 is 0. The van der Waals surface area contributed by atoms with Gasteiger partial charge >= 0.3 is 5.97 Å². The molecule has 0 bridgehead atoms. The van der Waals surface area contributed by atoms with Gasteiger partial charge in [-0.1, -0.05) is 54.6 Å². The second-order valence-corrected chi connectivity index (χ2v) is 10.9. The van der Waals surface area contributed by atoms with E-state index in [2.05, 4.69) is 24.3 Å². The van der Waals surface area contributed by atoms with Gasteiger partial charge in [-0.15, -0.1) is 0 Å². The summed E-state index contributed by atoms with van der Waals surface area (Å²) in [6.45, 7) is 3.14. The van der Waals surface area contributed by atoms with E-state index < -0.39 is 11.9 Å². The van der Waals surface area contributed by atoms with Gasteiger partial charge in [-0.05, 0) is 72.6 Å². The first-order valence-electron chi connectivity index (χ1n) is 13.8. The third-order valence-corrected chi connectivity index (χ3v) is 8.71. The number of rotatable bonds is 4. The third-order valence-electron chi connectivity index (χ3n) is 8.71. The van der Waals surface area contributed by atoms with Gasteiger partial charge in [-0.25, -0.2) is 4.79 Å². The van der Waals surface area contributed by atoms with E-state index in [-0.39, 0.29) is 29.1 Å². The fourth-order valence-corrected chi connectivity index (χ4v) is 6.74. The van der Waals surface area contributed by atoms with E-state index in [1.54, 1.807) is 12.1 Å². The van der Waals surface area contributed by atoms with Gasteiger partial charge in [0.05, 0.1) is 11.5 Å². The van der Waals surface area contributed by atoms with Gasteiger partial charge < -0.3 is 10.0 Å². The molecule has 6 rings (SSSR count). The van der Waals surface area contributed by atoms with Crippen LogP contribution in [-0.2, 0) is 9.59 Å². The number of nitrogens with zero attached hydrogens (tertiary/aromatic N) is 2. The maximum Gasteiger partial charge on any atom is 0.335 e. The molecular formula is C33H32N2O4. The number of hydrogen-bond acceptors (Lipinski definition) is 4. The molecule has 0 spiro atoms. The van der Waals surface area contributed by atoms with E-state index in [4.69, 9.17) is 4.99 Å². The molecule has 0 radical (unpaired) electrons. The summed E-state index contributed by atoms with van der Waals surface area (Å²) in [5.41, 5.74) is 4.71. The van der Waals surface area contributed by atoms with E-state index in [1.807, 2.05) is 42.2 Å². The highest BCUT2D eigenvalue weighted by Gasteiger charge is 2.44. The average Bonchev–Trinajstić information content (AvgIpc) is 2.96. The summed E-state index contributed by atoms with van der Waals surface area (Å²) in [7, 11) is 0. The summed E-state index contributed by atoms with van der Waals surface area (Å²) in [5.74, 6) is -1.23. The fraction of sp³-hybridized carbons (Fsp3) is 0.333. The number of carboxylic acid groups (broad SMARTS) is 1. The molecule has 1 saturated heterocycles. The van der Waals surface area contributed by atoms with Crippen LogP contribution in [0.25, 0.3) is 10.8 Å². The maximum atomic E-state index is 14.2. The number of ketones is 1. The zero-order valence-electron chi connectivity index (χ0n) is 22.1. The molecule has 6 heteroatoms. The van der Waals surface area contributed by atoms with Crippen LogP contribution in [0.5, 0.6) is 0 Å². The molecule has 3 aliphatic rings. The molecule has 2 atom stereocenters. The zero-order chi connectivity index (χ0) is 27.1. The van der Waals surface area contributed by atoms with Crippen molar-refractivity contribution in [2.45, 2.75) is 50.9 Å². The molecule has 1 N–H and O–H groups in total. The van der Waals surface area contributed by atoms with E-state index in [0.29, 0.717) is 25.1 Å². The smallest absolute Gasteiger partial charge is 0.335 e. The van der Waals surface area contributed by atoms with Crippen molar-refractivity contribution < 1.29 is 19.5 Å². The minimum Gasteiger partial charge on any atom is -0.478 e. The molecule has 6 nitrogen and oxygen atoms in total. The quantitative estimate of drug-likeness (QED) is 0.449. The molecule has 3 aromatic carbocycles.